The van der Waals surface area contributed by atoms with Gasteiger partial charge in [0.05, 0.1) is 26.2 Å². The van der Waals surface area contributed by atoms with E-state index in [9.17, 15) is 9.59 Å². The number of carbonyl (C=O) groups is 2. The minimum absolute atomic E-state index is 0.277. The first-order chi connectivity index (χ1) is 7.38. The average Bonchev–Trinajstić information content (AvgIpc) is 2.62. The largest absolute Gasteiger partial charge is 0.467 e. The third kappa shape index (κ3) is 2.70. The molecule has 16 heavy (non-hydrogen) atoms. The molecule has 0 saturated carbocycles. The van der Waals surface area contributed by atoms with Gasteiger partial charge in [0, 0.05) is 6.04 Å². The lowest BCUT2D eigenvalue weighted by Crippen LogP contribution is -2.54. The van der Waals surface area contributed by atoms with Crippen LogP contribution in [-0.4, -0.2) is 43.8 Å². The van der Waals surface area contributed by atoms with Gasteiger partial charge in [0.15, 0.2) is 0 Å². The summed E-state index contributed by atoms with van der Waals surface area (Å²) in [5, 5.41) is 2.61. The van der Waals surface area contributed by atoms with E-state index < -0.39 is 17.4 Å². The Hall–Kier alpha value is -1.14. The number of carbonyl (C=O) groups excluding carboxylic acids is 2. The van der Waals surface area contributed by atoms with Gasteiger partial charge in [-0.1, -0.05) is 0 Å². The molecule has 0 spiro atoms. The van der Waals surface area contributed by atoms with E-state index in [0.717, 1.165) is 0 Å². The maximum Gasteiger partial charge on any atom is 0.330 e. The molecular weight excluding hydrogens is 212 g/mol. The van der Waals surface area contributed by atoms with Crippen LogP contribution in [0.3, 0.4) is 0 Å². The highest BCUT2D eigenvalue weighted by atomic mass is 16.5. The fourth-order valence-corrected chi connectivity index (χ4v) is 1.55. The van der Waals surface area contributed by atoms with Crippen molar-refractivity contribution in [2.75, 3.05) is 20.3 Å². The van der Waals surface area contributed by atoms with Crippen molar-refractivity contribution in [1.29, 1.82) is 0 Å². The minimum Gasteiger partial charge on any atom is -0.467 e. The predicted octanol–water partition coefficient (Wildman–Crippen LogP) is -0.972. The summed E-state index contributed by atoms with van der Waals surface area (Å²) in [4.78, 5) is 23.2. The quantitative estimate of drug-likeness (QED) is 0.609. The van der Waals surface area contributed by atoms with E-state index in [-0.39, 0.29) is 11.9 Å². The van der Waals surface area contributed by atoms with E-state index in [2.05, 4.69) is 10.1 Å². The van der Waals surface area contributed by atoms with Gasteiger partial charge in [0.2, 0.25) is 5.91 Å². The van der Waals surface area contributed by atoms with E-state index in [1.807, 2.05) is 0 Å². The van der Waals surface area contributed by atoms with Crippen molar-refractivity contribution in [2.45, 2.75) is 25.4 Å². The third-order valence-electron chi connectivity index (χ3n) is 2.59. The number of rotatable bonds is 3. The summed E-state index contributed by atoms with van der Waals surface area (Å²) in [5.41, 5.74) is 4.66. The monoisotopic (exact) mass is 230 g/mol. The smallest absolute Gasteiger partial charge is 0.330 e. The number of hydrogen-bond acceptors (Lipinski definition) is 5. The molecule has 2 unspecified atom stereocenters. The summed E-state index contributed by atoms with van der Waals surface area (Å²) in [6.45, 7) is 3.83. The number of ether oxygens (including phenoxy) is 2. The molecule has 3 N–H and O–H groups in total. The van der Waals surface area contributed by atoms with Gasteiger partial charge in [-0.3, -0.25) is 4.79 Å². The van der Waals surface area contributed by atoms with E-state index in [1.54, 1.807) is 13.8 Å². The lowest BCUT2D eigenvalue weighted by Gasteiger charge is -2.25. The second-order valence-electron chi connectivity index (χ2n) is 4.41. The predicted molar refractivity (Wildman–Crippen MR) is 56.5 cm³/mol. The molecule has 2 atom stereocenters. The number of amides is 1. The molecule has 1 saturated heterocycles. The maximum absolute atomic E-state index is 11.8. The van der Waals surface area contributed by atoms with Crippen LogP contribution >= 0.6 is 0 Å². The van der Waals surface area contributed by atoms with E-state index >= 15 is 0 Å². The van der Waals surface area contributed by atoms with Crippen LogP contribution in [0, 0.1) is 5.92 Å². The Morgan fingerprint density at radius 1 is 1.44 bits per heavy atom. The highest BCUT2D eigenvalue weighted by Crippen LogP contribution is 2.14. The Morgan fingerprint density at radius 3 is 2.50 bits per heavy atom. The van der Waals surface area contributed by atoms with E-state index in [4.69, 9.17) is 10.5 Å². The summed E-state index contributed by atoms with van der Waals surface area (Å²) >= 11 is 0. The van der Waals surface area contributed by atoms with Crippen LogP contribution in [0.5, 0.6) is 0 Å². The minimum atomic E-state index is -1.05. The first-order valence-corrected chi connectivity index (χ1v) is 5.12. The molecule has 0 aliphatic carbocycles. The molecule has 0 aromatic heterocycles. The lowest BCUT2D eigenvalue weighted by molar-refractivity contribution is -0.150. The van der Waals surface area contributed by atoms with Crippen molar-refractivity contribution in [3.63, 3.8) is 0 Å². The highest BCUT2D eigenvalue weighted by molar-refractivity contribution is 5.88. The maximum atomic E-state index is 11.8. The van der Waals surface area contributed by atoms with Crippen LogP contribution in [0.1, 0.15) is 13.8 Å². The molecule has 0 radical (unpaired) electrons. The summed E-state index contributed by atoms with van der Waals surface area (Å²) in [6, 6.07) is -0.312. The fraction of sp³-hybridized carbons (Fsp3) is 0.800. The van der Waals surface area contributed by atoms with Gasteiger partial charge >= 0.3 is 5.97 Å². The molecule has 0 aromatic rings. The first-order valence-electron chi connectivity index (χ1n) is 5.12. The van der Waals surface area contributed by atoms with Crippen molar-refractivity contribution in [2.24, 2.45) is 11.7 Å². The average molecular weight is 230 g/mol. The van der Waals surface area contributed by atoms with Gasteiger partial charge in [-0.05, 0) is 13.8 Å². The van der Waals surface area contributed by atoms with Crippen LogP contribution in [-0.2, 0) is 19.1 Å². The molecule has 0 bridgehead atoms. The molecule has 6 nitrogen and oxygen atoms in total. The Bertz CT molecular complexity index is 291. The Labute approximate surface area is 94.5 Å². The van der Waals surface area contributed by atoms with Crippen LogP contribution in [0.2, 0.25) is 0 Å². The van der Waals surface area contributed by atoms with Crippen molar-refractivity contribution in [1.82, 2.24) is 5.32 Å². The lowest BCUT2D eigenvalue weighted by atomic mass is 10.00. The first kappa shape index (κ1) is 12.9. The van der Waals surface area contributed by atoms with Gasteiger partial charge in [0.1, 0.15) is 5.54 Å². The Morgan fingerprint density at radius 2 is 2.06 bits per heavy atom. The fourth-order valence-electron chi connectivity index (χ4n) is 1.55. The molecule has 1 heterocycles. The molecule has 1 amide bonds. The third-order valence-corrected chi connectivity index (χ3v) is 2.59. The van der Waals surface area contributed by atoms with Crippen molar-refractivity contribution in [3.8, 4) is 0 Å². The SMILES string of the molecule is COC(=O)C(C)(C)NC(=O)C1COCC1N. The van der Waals surface area contributed by atoms with Crippen molar-refractivity contribution in [3.05, 3.63) is 0 Å². The molecule has 6 heteroatoms. The van der Waals surface area contributed by atoms with Gasteiger partial charge in [0.25, 0.3) is 0 Å². The van der Waals surface area contributed by atoms with Gasteiger partial charge in [-0.2, -0.15) is 0 Å². The summed E-state index contributed by atoms with van der Waals surface area (Å²) in [6.07, 6.45) is 0. The number of nitrogens with two attached hydrogens (primary N) is 1. The normalized spacial score (nSPS) is 25.2. The molecule has 92 valence electrons. The number of hydrogen-bond donors (Lipinski definition) is 2. The van der Waals surface area contributed by atoms with Crippen molar-refractivity contribution >= 4 is 11.9 Å². The topological polar surface area (TPSA) is 90.6 Å². The molecule has 1 rings (SSSR count). The number of esters is 1. The molecule has 1 aliphatic rings. The zero-order valence-corrected chi connectivity index (χ0v) is 9.78. The van der Waals surface area contributed by atoms with Gasteiger partial charge < -0.3 is 20.5 Å². The summed E-state index contributed by atoms with van der Waals surface area (Å²) < 4.78 is 9.68. The summed E-state index contributed by atoms with van der Waals surface area (Å²) in [5.74, 6) is -1.17. The molecule has 0 aromatic carbocycles. The zero-order chi connectivity index (χ0) is 12.3. The standard InChI is InChI=1S/C10H18N2O4/c1-10(2,9(14)15-3)12-8(13)6-4-16-5-7(6)11/h6-7H,4-5,11H2,1-3H3,(H,12,13). The second kappa shape index (κ2) is 4.80. The van der Waals surface area contributed by atoms with Gasteiger partial charge in [-0.25, -0.2) is 4.79 Å². The van der Waals surface area contributed by atoms with Crippen LogP contribution in [0.4, 0.5) is 0 Å². The Balaban J connectivity index is 2.60. The molecule has 1 fully saturated rings. The van der Waals surface area contributed by atoms with Crippen LogP contribution in [0.25, 0.3) is 0 Å². The number of nitrogens with one attached hydrogen (secondary N) is 1. The second-order valence-corrected chi connectivity index (χ2v) is 4.41. The summed E-state index contributed by atoms with van der Waals surface area (Å²) in [7, 11) is 1.28. The van der Waals surface area contributed by atoms with Crippen LogP contribution < -0.4 is 11.1 Å². The number of methoxy groups -OCH3 is 1. The molecule has 1 aliphatic heterocycles. The van der Waals surface area contributed by atoms with Gasteiger partial charge in [-0.15, -0.1) is 0 Å². The zero-order valence-electron chi connectivity index (χ0n) is 9.78. The van der Waals surface area contributed by atoms with Crippen molar-refractivity contribution < 1.29 is 19.1 Å². The highest BCUT2D eigenvalue weighted by Gasteiger charge is 2.37. The molecular formula is C10H18N2O4. The van der Waals surface area contributed by atoms with Crippen LogP contribution in [0.15, 0.2) is 0 Å². The van der Waals surface area contributed by atoms with E-state index in [0.29, 0.717) is 13.2 Å². The Kier molecular flexibility index (Phi) is 3.88. The van der Waals surface area contributed by atoms with E-state index in [1.165, 1.54) is 7.11 Å².